The molecule has 0 radical (unpaired) electrons. The van der Waals surface area contributed by atoms with Gasteiger partial charge in [-0.25, -0.2) is 19.3 Å². The maximum Gasteiger partial charge on any atom is 0.212 e. The molecule has 1 atom stereocenters. The third kappa shape index (κ3) is 4.07. The van der Waals surface area contributed by atoms with Crippen LogP contribution in [0.2, 0.25) is 5.02 Å². The Morgan fingerprint density at radius 2 is 1.94 bits per heavy atom. The maximum atomic E-state index is 13.6. The third-order valence-corrected chi connectivity index (χ3v) is 5.52. The fourth-order valence-corrected chi connectivity index (χ4v) is 3.79. The van der Waals surface area contributed by atoms with E-state index in [0.29, 0.717) is 23.8 Å². The quantitative estimate of drug-likeness (QED) is 0.391. The van der Waals surface area contributed by atoms with Crippen LogP contribution in [0.4, 0.5) is 20.3 Å². The predicted molar refractivity (Wildman–Crippen MR) is 120 cm³/mol. The Kier molecular flexibility index (Phi) is 5.33. The van der Waals surface area contributed by atoms with Gasteiger partial charge in [-0.2, -0.15) is 4.39 Å². The van der Waals surface area contributed by atoms with Crippen molar-refractivity contribution in [1.29, 1.82) is 0 Å². The van der Waals surface area contributed by atoms with Crippen molar-refractivity contribution in [3.8, 4) is 11.4 Å². The number of hydrogen-bond donors (Lipinski definition) is 1. The van der Waals surface area contributed by atoms with Crippen LogP contribution in [0.25, 0.3) is 17.5 Å². The molecule has 1 aliphatic carbocycles. The van der Waals surface area contributed by atoms with Gasteiger partial charge in [0.1, 0.15) is 11.6 Å². The summed E-state index contributed by atoms with van der Waals surface area (Å²) in [4.78, 5) is 17.4. The van der Waals surface area contributed by atoms with Crippen LogP contribution in [0, 0.1) is 11.8 Å². The second-order valence-electron chi connectivity index (χ2n) is 7.34. The molecule has 5 nitrogen and oxygen atoms in total. The van der Waals surface area contributed by atoms with E-state index in [1.165, 1.54) is 24.4 Å². The van der Waals surface area contributed by atoms with Gasteiger partial charge in [0.15, 0.2) is 5.82 Å². The zero-order valence-electron chi connectivity index (χ0n) is 16.6. The zero-order chi connectivity index (χ0) is 22.1. The molecular formula is C24H16ClF2N5. The number of anilines is 2. The topological polar surface area (TPSA) is 63.6 Å². The van der Waals surface area contributed by atoms with E-state index in [1.54, 1.807) is 24.5 Å². The highest BCUT2D eigenvalue weighted by atomic mass is 35.5. The van der Waals surface area contributed by atoms with Crippen molar-refractivity contribution in [3.63, 3.8) is 0 Å². The molecule has 0 bridgehead atoms. The molecule has 3 heterocycles. The number of rotatable bonds is 4. The summed E-state index contributed by atoms with van der Waals surface area (Å²) in [5.74, 6) is 0.0690. The van der Waals surface area contributed by atoms with E-state index in [-0.39, 0.29) is 10.9 Å². The Bertz CT molecular complexity index is 1310. The number of halogens is 3. The number of fused-ring (bicyclic) bond motifs is 1. The number of benzene rings is 1. The lowest BCUT2D eigenvalue weighted by Gasteiger charge is -2.22. The van der Waals surface area contributed by atoms with Crippen molar-refractivity contribution >= 4 is 29.2 Å². The van der Waals surface area contributed by atoms with Gasteiger partial charge < -0.3 is 5.32 Å². The number of nitrogens with zero attached hydrogens (tertiary/aromatic N) is 4. The second kappa shape index (κ2) is 8.43. The van der Waals surface area contributed by atoms with Gasteiger partial charge in [-0.3, -0.25) is 4.98 Å². The Hall–Kier alpha value is -3.71. The summed E-state index contributed by atoms with van der Waals surface area (Å²) < 4.78 is 26.9. The molecular weight excluding hydrogens is 432 g/mol. The van der Waals surface area contributed by atoms with Crippen LogP contribution in [0.1, 0.15) is 22.7 Å². The fraction of sp³-hybridized carbons (Fsp3) is 0.0833. The molecule has 158 valence electrons. The lowest BCUT2D eigenvalue weighted by molar-refractivity contribution is 0.581. The zero-order valence-corrected chi connectivity index (χ0v) is 17.4. The first kappa shape index (κ1) is 20.2. The summed E-state index contributed by atoms with van der Waals surface area (Å²) in [6.45, 7) is 0. The highest BCUT2D eigenvalue weighted by molar-refractivity contribution is 6.31. The molecule has 5 rings (SSSR count). The monoisotopic (exact) mass is 447 g/mol. The highest BCUT2D eigenvalue weighted by Crippen LogP contribution is 2.35. The molecule has 1 N–H and O–H groups in total. The van der Waals surface area contributed by atoms with Gasteiger partial charge in [-0.15, -0.1) is 0 Å². The molecule has 0 aliphatic heterocycles. The van der Waals surface area contributed by atoms with Gasteiger partial charge in [-0.05, 0) is 54.5 Å². The van der Waals surface area contributed by atoms with Crippen molar-refractivity contribution in [1.82, 2.24) is 19.9 Å². The van der Waals surface area contributed by atoms with E-state index in [0.717, 1.165) is 22.4 Å². The standard InChI is InChI=1S/C24H16ClF2N5/c25-19-11-17(5-6-20(19)26)30-24-18-10-14(15-4-8-22(27)29-13-15)3-7-21(18)31-23(32-24)16-2-1-9-28-12-16/h1-9,11-14H,10H2,(H,30,31,32). The number of aromatic nitrogens is 4. The number of pyridine rings is 2. The summed E-state index contributed by atoms with van der Waals surface area (Å²) in [6, 6.07) is 11.2. The molecule has 1 aromatic carbocycles. The van der Waals surface area contributed by atoms with E-state index >= 15 is 0 Å². The summed E-state index contributed by atoms with van der Waals surface area (Å²) in [6.07, 6.45) is 9.45. The van der Waals surface area contributed by atoms with Gasteiger partial charge in [0.05, 0.1) is 10.7 Å². The molecule has 8 heteroatoms. The summed E-state index contributed by atoms with van der Waals surface area (Å²) in [5, 5.41) is 3.27. The van der Waals surface area contributed by atoms with E-state index in [1.807, 2.05) is 24.3 Å². The van der Waals surface area contributed by atoms with Crippen LogP contribution in [-0.4, -0.2) is 19.9 Å². The first-order chi connectivity index (χ1) is 15.6. The van der Waals surface area contributed by atoms with E-state index < -0.39 is 11.8 Å². The Morgan fingerprint density at radius 3 is 2.69 bits per heavy atom. The number of nitrogens with one attached hydrogen (secondary N) is 1. The number of allylic oxidation sites excluding steroid dienone is 1. The first-order valence-corrected chi connectivity index (χ1v) is 10.3. The Morgan fingerprint density at radius 1 is 1.03 bits per heavy atom. The van der Waals surface area contributed by atoms with Crippen molar-refractivity contribution in [2.45, 2.75) is 12.3 Å². The van der Waals surface area contributed by atoms with E-state index in [4.69, 9.17) is 21.6 Å². The summed E-state index contributed by atoms with van der Waals surface area (Å²) >= 11 is 5.96. The van der Waals surface area contributed by atoms with Crippen molar-refractivity contribution in [2.24, 2.45) is 0 Å². The minimum absolute atomic E-state index is 0.0132. The smallest absolute Gasteiger partial charge is 0.212 e. The molecule has 0 spiro atoms. The van der Waals surface area contributed by atoms with Crippen LogP contribution in [0.15, 0.2) is 67.1 Å². The molecule has 0 amide bonds. The van der Waals surface area contributed by atoms with Gasteiger partial charge >= 0.3 is 0 Å². The minimum Gasteiger partial charge on any atom is -0.340 e. The largest absolute Gasteiger partial charge is 0.340 e. The van der Waals surface area contributed by atoms with Crippen LogP contribution >= 0.6 is 11.6 Å². The first-order valence-electron chi connectivity index (χ1n) is 9.90. The molecule has 1 unspecified atom stereocenters. The lowest BCUT2D eigenvalue weighted by Crippen LogP contribution is -2.13. The molecule has 1 aliphatic rings. The van der Waals surface area contributed by atoms with Crippen molar-refractivity contribution in [3.05, 3.63) is 101 Å². The summed E-state index contributed by atoms with van der Waals surface area (Å²) in [7, 11) is 0. The van der Waals surface area contributed by atoms with Crippen LogP contribution < -0.4 is 5.32 Å². The second-order valence-corrected chi connectivity index (χ2v) is 7.75. The molecule has 32 heavy (non-hydrogen) atoms. The highest BCUT2D eigenvalue weighted by Gasteiger charge is 2.23. The van der Waals surface area contributed by atoms with Gasteiger partial charge in [0, 0.05) is 41.3 Å². The summed E-state index contributed by atoms with van der Waals surface area (Å²) in [5.41, 5.74) is 3.91. The maximum absolute atomic E-state index is 13.6. The number of hydrogen-bond acceptors (Lipinski definition) is 5. The molecule has 0 fully saturated rings. The minimum atomic E-state index is -0.520. The lowest BCUT2D eigenvalue weighted by atomic mass is 9.88. The van der Waals surface area contributed by atoms with E-state index in [9.17, 15) is 8.78 Å². The average molecular weight is 448 g/mol. The molecule has 3 aromatic heterocycles. The SMILES string of the molecule is Fc1ccc(C2C=Cc3nc(-c4cccnc4)nc(Nc4ccc(F)c(Cl)c4)c3C2)cn1. The normalized spacial score (nSPS) is 14.8. The van der Waals surface area contributed by atoms with Crippen molar-refractivity contribution in [2.75, 3.05) is 5.32 Å². The van der Waals surface area contributed by atoms with Crippen LogP contribution in [0.3, 0.4) is 0 Å². The van der Waals surface area contributed by atoms with Crippen LogP contribution in [0.5, 0.6) is 0 Å². The molecule has 0 saturated carbocycles. The Balaban J connectivity index is 1.58. The van der Waals surface area contributed by atoms with Crippen LogP contribution in [-0.2, 0) is 6.42 Å². The predicted octanol–water partition coefficient (Wildman–Crippen LogP) is 5.96. The molecule has 4 aromatic rings. The fourth-order valence-electron chi connectivity index (χ4n) is 3.61. The Labute approximate surface area is 187 Å². The van der Waals surface area contributed by atoms with Gasteiger partial charge in [-0.1, -0.05) is 23.7 Å². The third-order valence-electron chi connectivity index (χ3n) is 5.23. The van der Waals surface area contributed by atoms with Crippen molar-refractivity contribution < 1.29 is 8.78 Å². The average Bonchev–Trinajstić information content (AvgIpc) is 2.82. The van der Waals surface area contributed by atoms with Gasteiger partial charge in [0.25, 0.3) is 0 Å². The molecule has 0 saturated heterocycles. The van der Waals surface area contributed by atoms with Gasteiger partial charge in [0.2, 0.25) is 5.95 Å². The van der Waals surface area contributed by atoms with E-state index in [2.05, 4.69) is 15.3 Å².